The largest absolute Gasteiger partial charge is 0.496 e. The Labute approximate surface area is 140 Å². The molecule has 0 aliphatic heterocycles. The highest BCUT2D eigenvalue weighted by Crippen LogP contribution is 2.35. The van der Waals surface area contributed by atoms with Gasteiger partial charge in [-0.15, -0.1) is 0 Å². The van der Waals surface area contributed by atoms with Crippen LogP contribution in [-0.2, 0) is 0 Å². The molecule has 0 aromatic heterocycles. The molecule has 2 aromatic carbocycles. The molecule has 0 radical (unpaired) electrons. The van der Waals surface area contributed by atoms with Crippen LogP contribution in [0.5, 0.6) is 23.0 Å². The molecule has 6 heteroatoms. The van der Waals surface area contributed by atoms with Gasteiger partial charge in [-0.25, -0.2) is 4.79 Å². The summed E-state index contributed by atoms with van der Waals surface area (Å²) in [6, 6.07) is 12.0. The number of nitrogens with two attached hydrogens (primary N) is 1. The summed E-state index contributed by atoms with van der Waals surface area (Å²) < 4.78 is 21.0. The van der Waals surface area contributed by atoms with Crippen LogP contribution in [0, 0.1) is 12.0 Å². The van der Waals surface area contributed by atoms with Crippen molar-refractivity contribution in [1.29, 1.82) is 0 Å². The zero-order valence-corrected chi connectivity index (χ0v) is 13.6. The van der Waals surface area contributed by atoms with Gasteiger partial charge in [-0.1, -0.05) is 0 Å². The third-order valence-electron chi connectivity index (χ3n) is 3.21. The lowest BCUT2D eigenvalue weighted by atomic mass is 10.1. The molecular formula is C18H17NO5. The maximum atomic E-state index is 12.4. The lowest BCUT2D eigenvalue weighted by molar-refractivity contribution is 0.0730. The highest BCUT2D eigenvalue weighted by molar-refractivity contribution is 5.95. The van der Waals surface area contributed by atoms with Crippen molar-refractivity contribution in [3.63, 3.8) is 0 Å². The minimum Gasteiger partial charge on any atom is -0.496 e. The van der Waals surface area contributed by atoms with Crippen LogP contribution in [-0.4, -0.2) is 27.3 Å². The Kier molecular flexibility index (Phi) is 5.53. The van der Waals surface area contributed by atoms with Crippen LogP contribution in [0.4, 0.5) is 0 Å². The van der Waals surface area contributed by atoms with Gasteiger partial charge in [0, 0.05) is 23.7 Å². The molecule has 0 aliphatic carbocycles. The van der Waals surface area contributed by atoms with Gasteiger partial charge in [0.25, 0.3) is 0 Å². The van der Waals surface area contributed by atoms with Crippen molar-refractivity contribution in [2.45, 2.75) is 0 Å². The van der Waals surface area contributed by atoms with Crippen LogP contribution in [0.3, 0.4) is 0 Å². The zero-order valence-electron chi connectivity index (χ0n) is 13.6. The Morgan fingerprint density at radius 2 is 1.50 bits per heavy atom. The van der Waals surface area contributed by atoms with E-state index in [-0.39, 0.29) is 5.56 Å². The van der Waals surface area contributed by atoms with E-state index in [1.54, 1.807) is 30.3 Å². The summed E-state index contributed by atoms with van der Waals surface area (Å²) in [4.78, 5) is 12.4. The van der Waals surface area contributed by atoms with Crippen LogP contribution < -0.4 is 24.7 Å². The van der Waals surface area contributed by atoms with Crippen LogP contribution >= 0.6 is 0 Å². The molecule has 0 aliphatic rings. The summed E-state index contributed by atoms with van der Waals surface area (Å²) >= 11 is 0. The van der Waals surface area contributed by atoms with Gasteiger partial charge < -0.3 is 24.7 Å². The normalized spacial score (nSPS) is 9.46. The average molecular weight is 327 g/mol. The van der Waals surface area contributed by atoms with E-state index in [1.165, 1.54) is 27.4 Å². The molecule has 0 unspecified atom stereocenters. The predicted octanol–water partition coefficient (Wildman–Crippen LogP) is 2.20. The van der Waals surface area contributed by atoms with Gasteiger partial charge in [-0.3, -0.25) is 0 Å². The molecule has 0 saturated heterocycles. The first-order valence-corrected chi connectivity index (χ1v) is 6.96. The maximum Gasteiger partial charge on any atom is 0.347 e. The van der Waals surface area contributed by atoms with Crippen molar-refractivity contribution < 1.29 is 23.7 Å². The fourth-order valence-corrected chi connectivity index (χ4v) is 2.04. The summed E-state index contributed by atoms with van der Waals surface area (Å²) in [5.74, 6) is 3.68. The molecule has 0 atom stereocenters. The van der Waals surface area contributed by atoms with E-state index in [9.17, 15) is 4.79 Å². The first-order valence-electron chi connectivity index (χ1n) is 6.96. The monoisotopic (exact) mass is 327 g/mol. The highest BCUT2D eigenvalue weighted by atomic mass is 16.5. The fourth-order valence-electron chi connectivity index (χ4n) is 2.04. The second kappa shape index (κ2) is 7.79. The van der Waals surface area contributed by atoms with Crippen molar-refractivity contribution in [3.8, 4) is 35.0 Å². The smallest absolute Gasteiger partial charge is 0.347 e. The van der Waals surface area contributed by atoms with Crippen LogP contribution in [0.1, 0.15) is 15.9 Å². The molecule has 0 amide bonds. The highest BCUT2D eigenvalue weighted by Gasteiger charge is 2.19. The minimum absolute atomic E-state index is 0.223. The Morgan fingerprint density at radius 1 is 0.917 bits per heavy atom. The second-order valence-corrected chi connectivity index (χ2v) is 4.59. The molecule has 0 fully saturated rings. The van der Waals surface area contributed by atoms with Crippen molar-refractivity contribution in [2.24, 2.45) is 5.73 Å². The molecule has 0 saturated carbocycles. The van der Waals surface area contributed by atoms with Crippen molar-refractivity contribution in [2.75, 3.05) is 21.3 Å². The molecule has 124 valence electrons. The summed E-state index contributed by atoms with van der Waals surface area (Å²) in [5.41, 5.74) is 6.10. The summed E-state index contributed by atoms with van der Waals surface area (Å²) in [7, 11) is 4.44. The van der Waals surface area contributed by atoms with Gasteiger partial charge in [-0.05, 0) is 30.2 Å². The summed E-state index contributed by atoms with van der Waals surface area (Å²) in [6.07, 6.45) is 0. The summed E-state index contributed by atoms with van der Waals surface area (Å²) in [5, 5.41) is 0. The molecule has 0 bridgehead atoms. The quantitative estimate of drug-likeness (QED) is 0.392. The van der Waals surface area contributed by atoms with E-state index in [1.807, 2.05) is 0 Å². The number of carbonyl (C=O) groups is 1. The number of rotatable bonds is 5. The predicted molar refractivity (Wildman–Crippen MR) is 88.6 cm³/mol. The number of esters is 1. The first kappa shape index (κ1) is 17.0. The number of carbonyl (C=O) groups excluding carboxylic acids is 1. The molecule has 24 heavy (non-hydrogen) atoms. The van der Waals surface area contributed by atoms with E-state index in [2.05, 4.69) is 12.0 Å². The van der Waals surface area contributed by atoms with Crippen molar-refractivity contribution >= 4 is 5.97 Å². The summed E-state index contributed by atoms with van der Waals surface area (Å²) in [6.45, 7) is 0. The van der Waals surface area contributed by atoms with Crippen LogP contribution in [0.15, 0.2) is 36.4 Å². The van der Waals surface area contributed by atoms with E-state index in [4.69, 9.17) is 24.7 Å². The molecular weight excluding hydrogens is 310 g/mol. The van der Waals surface area contributed by atoms with Gasteiger partial charge in [0.05, 0.1) is 21.3 Å². The molecule has 2 rings (SSSR count). The van der Waals surface area contributed by atoms with Gasteiger partial charge in [-0.2, -0.15) is 0 Å². The number of hydrogen-bond donors (Lipinski definition) is 1. The Bertz CT molecular complexity index is 788. The molecule has 2 N–H and O–H groups in total. The minimum atomic E-state index is -0.578. The van der Waals surface area contributed by atoms with Gasteiger partial charge in [0.1, 0.15) is 17.1 Å². The van der Waals surface area contributed by atoms with E-state index < -0.39 is 5.97 Å². The lowest BCUT2D eigenvalue weighted by Crippen LogP contribution is -2.11. The van der Waals surface area contributed by atoms with Gasteiger partial charge >= 0.3 is 5.97 Å². The number of methoxy groups -OCH3 is 3. The zero-order chi connectivity index (χ0) is 17.5. The van der Waals surface area contributed by atoms with Gasteiger partial charge in [0.2, 0.25) is 0 Å². The molecule has 0 spiro atoms. The fraction of sp³-hybridized carbons (Fsp3) is 0.167. The van der Waals surface area contributed by atoms with Crippen molar-refractivity contribution in [1.82, 2.24) is 0 Å². The number of hydrogen-bond acceptors (Lipinski definition) is 6. The van der Waals surface area contributed by atoms with Gasteiger partial charge in [0.15, 0.2) is 11.5 Å². The molecule has 2 aromatic rings. The van der Waals surface area contributed by atoms with Crippen LogP contribution in [0.25, 0.3) is 0 Å². The number of benzene rings is 2. The van der Waals surface area contributed by atoms with Crippen LogP contribution in [0.2, 0.25) is 0 Å². The average Bonchev–Trinajstić information content (AvgIpc) is 2.62. The standard InChI is InChI=1S/C18H17NO5/c1-21-15-11-17(23-3)16(22-2)10-14(15)18(20)24-13-6-4-12(5-7-13)8-9-19/h4-7,10-11H,19H2,1-3H3. The Morgan fingerprint density at radius 3 is 2.04 bits per heavy atom. The first-order chi connectivity index (χ1) is 11.6. The van der Waals surface area contributed by atoms with E-state index in [0.29, 0.717) is 23.0 Å². The SMILES string of the molecule is COc1cc(OC)c(C(=O)Oc2ccc(C#CN)cc2)cc1OC. The van der Waals surface area contributed by atoms with E-state index in [0.717, 1.165) is 5.56 Å². The maximum absolute atomic E-state index is 12.4. The topological polar surface area (TPSA) is 80.0 Å². The number of ether oxygens (including phenoxy) is 4. The second-order valence-electron chi connectivity index (χ2n) is 4.59. The third kappa shape index (κ3) is 3.70. The van der Waals surface area contributed by atoms with Crippen molar-refractivity contribution in [3.05, 3.63) is 47.5 Å². The third-order valence-corrected chi connectivity index (χ3v) is 3.21. The molecule has 6 nitrogen and oxygen atoms in total. The Hall–Kier alpha value is -3.33. The Balaban J connectivity index is 2.29. The lowest BCUT2D eigenvalue weighted by Gasteiger charge is -2.13. The molecule has 0 heterocycles. The van der Waals surface area contributed by atoms with E-state index >= 15 is 0 Å².